The Hall–Kier alpha value is -4.00. The van der Waals surface area contributed by atoms with Gasteiger partial charge in [-0.15, -0.1) is 0 Å². The molecule has 0 unspecified atom stereocenters. The zero-order valence-corrected chi connectivity index (χ0v) is 16.6. The fourth-order valence-corrected chi connectivity index (χ4v) is 3.17. The predicted octanol–water partition coefficient (Wildman–Crippen LogP) is 3.91. The van der Waals surface area contributed by atoms with E-state index in [-0.39, 0.29) is 18.4 Å². The van der Waals surface area contributed by atoms with Gasteiger partial charge in [0.15, 0.2) is 5.76 Å². The van der Waals surface area contributed by atoms with E-state index in [4.69, 9.17) is 4.52 Å². The van der Waals surface area contributed by atoms with Crippen LogP contribution in [0.2, 0.25) is 0 Å². The van der Waals surface area contributed by atoms with Crippen molar-refractivity contribution in [3.05, 3.63) is 78.0 Å². The Labute approximate surface area is 173 Å². The number of pyridine rings is 1. The van der Waals surface area contributed by atoms with Crippen LogP contribution >= 0.6 is 0 Å². The van der Waals surface area contributed by atoms with Gasteiger partial charge in [0, 0.05) is 24.4 Å². The number of rotatable bonds is 5. The molecule has 30 heavy (non-hydrogen) atoms. The maximum atomic E-state index is 12.9. The third-order valence-electron chi connectivity index (χ3n) is 4.67. The van der Waals surface area contributed by atoms with Gasteiger partial charge in [0.25, 0.3) is 5.91 Å². The highest BCUT2D eigenvalue weighted by Gasteiger charge is 2.18. The van der Waals surface area contributed by atoms with E-state index in [1.54, 1.807) is 37.5 Å². The monoisotopic (exact) mass is 400 g/mol. The van der Waals surface area contributed by atoms with Crippen molar-refractivity contribution in [2.24, 2.45) is 0 Å². The van der Waals surface area contributed by atoms with Crippen LogP contribution in [0.25, 0.3) is 22.2 Å². The molecular formula is C23H20N4O3. The number of amides is 2. The minimum absolute atomic E-state index is 0.0956. The second-order valence-electron chi connectivity index (χ2n) is 7.04. The van der Waals surface area contributed by atoms with Crippen LogP contribution in [0, 0.1) is 6.92 Å². The van der Waals surface area contributed by atoms with E-state index in [1.165, 1.54) is 4.90 Å². The van der Waals surface area contributed by atoms with Crippen LogP contribution in [0.15, 0.2) is 71.4 Å². The van der Waals surface area contributed by atoms with Gasteiger partial charge in [-0.05, 0) is 42.8 Å². The molecular weight excluding hydrogens is 380 g/mol. The standard InChI is InChI=1S/C23H20N4O3/c1-15-10-11-24-20(12-15)25-21(28)14-27(2)23(29)17-8-9-19-18(13-17)22(30-26-19)16-6-4-3-5-7-16/h3-13H,14H2,1-2H3,(H,24,25,28). The Morgan fingerprint density at radius 1 is 1.07 bits per heavy atom. The number of aryl methyl sites for hydroxylation is 1. The van der Waals surface area contributed by atoms with Crippen LogP contribution in [0.4, 0.5) is 5.82 Å². The average Bonchev–Trinajstić information content (AvgIpc) is 3.17. The topological polar surface area (TPSA) is 88.3 Å². The Balaban J connectivity index is 1.51. The van der Waals surface area contributed by atoms with E-state index in [0.29, 0.717) is 22.7 Å². The average molecular weight is 400 g/mol. The molecule has 7 nitrogen and oxygen atoms in total. The second kappa shape index (κ2) is 8.16. The molecule has 0 saturated heterocycles. The molecule has 0 aliphatic carbocycles. The van der Waals surface area contributed by atoms with Gasteiger partial charge in [-0.25, -0.2) is 4.98 Å². The van der Waals surface area contributed by atoms with E-state index in [9.17, 15) is 9.59 Å². The first kappa shape index (κ1) is 19.3. The number of carbonyl (C=O) groups is 2. The fraction of sp³-hybridized carbons (Fsp3) is 0.130. The summed E-state index contributed by atoms with van der Waals surface area (Å²) in [6.45, 7) is 1.82. The van der Waals surface area contributed by atoms with Crippen molar-refractivity contribution in [3.63, 3.8) is 0 Å². The van der Waals surface area contributed by atoms with Crippen molar-refractivity contribution in [2.45, 2.75) is 6.92 Å². The van der Waals surface area contributed by atoms with E-state index < -0.39 is 0 Å². The summed E-state index contributed by atoms with van der Waals surface area (Å²) in [7, 11) is 1.58. The molecule has 1 N–H and O–H groups in total. The summed E-state index contributed by atoms with van der Waals surface area (Å²) in [6.07, 6.45) is 1.62. The molecule has 4 rings (SSSR count). The summed E-state index contributed by atoms with van der Waals surface area (Å²) in [5.74, 6) is 0.467. The lowest BCUT2D eigenvalue weighted by Crippen LogP contribution is -2.35. The van der Waals surface area contributed by atoms with E-state index in [2.05, 4.69) is 15.5 Å². The molecule has 0 spiro atoms. The summed E-state index contributed by atoms with van der Waals surface area (Å²) in [4.78, 5) is 30.7. The summed E-state index contributed by atoms with van der Waals surface area (Å²) in [5, 5.41) is 7.52. The van der Waals surface area contributed by atoms with Crippen molar-refractivity contribution in [3.8, 4) is 11.3 Å². The molecule has 0 atom stereocenters. The molecule has 150 valence electrons. The number of nitrogens with zero attached hydrogens (tertiary/aromatic N) is 3. The normalized spacial score (nSPS) is 10.7. The number of fused-ring (bicyclic) bond motifs is 1. The van der Waals surface area contributed by atoms with Crippen molar-refractivity contribution in [1.29, 1.82) is 0 Å². The van der Waals surface area contributed by atoms with Gasteiger partial charge < -0.3 is 14.7 Å². The summed E-state index contributed by atoms with van der Waals surface area (Å²) in [6, 6.07) is 18.4. The first-order chi connectivity index (χ1) is 14.5. The largest absolute Gasteiger partial charge is 0.355 e. The van der Waals surface area contributed by atoms with E-state index in [1.807, 2.05) is 43.3 Å². The molecule has 2 aromatic carbocycles. The highest BCUT2D eigenvalue weighted by molar-refractivity contribution is 6.02. The van der Waals surface area contributed by atoms with Crippen LogP contribution in [-0.2, 0) is 4.79 Å². The number of benzene rings is 2. The summed E-state index contributed by atoms with van der Waals surface area (Å²) in [5.41, 5.74) is 2.98. The van der Waals surface area contributed by atoms with Gasteiger partial charge in [0.1, 0.15) is 11.3 Å². The number of likely N-dealkylation sites (N-methyl/N-ethyl adjacent to an activating group) is 1. The Morgan fingerprint density at radius 2 is 1.87 bits per heavy atom. The third-order valence-corrected chi connectivity index (χ3v) is 4.67. The first-order valence-electron chi connectivity index (χ1n) is 9.44. The molecule has 0 aliphatic rings. The summed E-state index contributed by atoms with van der Waals surface area (Å²) >= 11 is 0. The lowest BCUT2D eigenvalue weighted by atomic mass is 10.1. The lowest BCUT2D eigenvalue weighted by molar-refractivity contribution is -0.116. The molecule has 4 aromatic rings. The molecule has 2 aromatic heterocycles. The minimum atomic E-state index is -0.319. The molecule has 0 bridgehead atoms. The Bertz CT molecular complexity index is 1220. The SMILES string of the molecule is Cc1ccnc(NC(=O)CN(C)C(=O)c2ccc3noc(-c4ccccc4)c3c2)c1. The zero-order chi connectivity index (χ0) is 21.1. The molecule has 7 heteroatoms. The van der Waals surface area contributed by atoms with Crippen LogP contribution in [0.1, 0.15) is 15.9 Å². The molecule has 2 amide bonds. The van der Waals surface area contributed by atoms with Crippen molar-refractivity contribution < 1.29 is 14.1 Å². The maximum absolute atomic E-state index is 12.9. The first-order valence-corrected chi connectivity index (χ1v) is 9.44. The predicted molar refractivity (Wildman–Crippen MR) is 114 cm³/mol. The number of nitrogens with one attached hydrogen (secondary N) is 1. The van der Waals surface area contributed by atoms with Crippen LogP contribution < -0.4 is 5.32 Å². The van der Waals surface area contributed by atoms with Gasteiger partial charge in [-0.3, -0.25) is 9.59 Å². The zero-order valence-electron chi connectivity index (χ0n) is 16.6. The van der Waals surface area contributed by atoms with Gasteiger partial charge >= 0.3 is 0 Å². The molecule has 0 fully saturated rings. The van der Waals surface area contributed by atoms with Gasteiger partial charge in [0.2, 0.25) is 5.91 Å². The van der Waals surface area contributed by atoms with Crippen molar-refractivity contribution in [2.75, 3.05) is 18.9 Å². The quantitative estimate of drug-likeness (QED) is 0.549. The van der Waals surface area contributed by atoms with Crippen LogP contribution in [-0.4, -0.2) is 40.4 Å². The number of hydrogen-bond donors (Lipinski definition) is 1. The molecule has 0 saturated carbocycles. The maximum Gasteiger partial charge on any atom is 0.254 e. The Kier molecular flexibility index (Phi) is 5.26. The van der Waals surface area contributed by atoms with E-state index in [0.717, 1.165) is 16.5 Å². The van der Waals surface area contributed by atoms with Crippen LogP contribution in [0.5, 0.6) is 0 Å². The smallest absolute Gasteiger partial charge is 0.254 e. The highest BCUT2D eigenvalue weighted by Crippen LogP contribution is 2.29. The minimum Gasteiger partial charge on any atom is -0.355 e. The third kappa shape index (κ3) is 4.05. The van der Waals surface area contributed by atoms with Gasteiger partial charge in [-0.1, -0.05) is 35.5 Å². The highest BCUT2D eigenvalue weighted by atomic mass is 16.5. The van der Waals surface area contributed by atoms with Gasteiger partial charge in [-0.2, -0.15) is 0 Å². The second-order valence-corrected chi connectivity index (χ2v) is 7.04. The Morgan fingerprint density at radius 3 is 2.63 bits per heavy atom. The fourth-order valence-electron chi connectivity index (χ4n) is 3.17. The number of hydrogen-bond acceptors (Lipinski definition) is 5. The summed E-state index contributed by atoms with van der Waals surface area (Å²) < 4.78 is 5.49. The molecule has 2 heterocycles. The number of aromatic nitrogens is 2. The van der Waals surface area contributed by atoms with Crippen molar-refractivity contribution >= 4 is 28.5 Å². The number of anilines is 1. The van der Waals surface area contributed by atoms with E-state index >= 15 is 0 Å². The lowest BCUT2D eigenvalue weighted by Gasteiger charge is -2.17. The number of carbonyl (C=O) groups excluding carboxylic acids is 2. The molecule has 0 radical (unpaired) electrons. The van der Waals surface area contributed by atoms with Crippen LogP contribution in [0.3, 0.4) is 0 Å². The molecule has 0 aliphatic heterocycles. The van der Waals surface area contributed by atoms with Gasteiger partial charge in [0.05, 0.1) is 11.9 Å². The van der Waals surface area contributed by atoms with Crippen molar-refractivity contribution in [1.82, 2.24) is 15.0 Å².